The van der Waals surface area contributed by atoms with Crippen molar-refractivity contribution in [2.75, 3.05) is 13.1 Å². The summed E-state index contributed by atoms with van der Waals surface area (Å²) >= 11 is 0. The molecule has 0 saturated heterocycles. The van der Waals surface area contributed by atoms with Crippen LogP contribution in [0.4, 0.5) is 4.79 Å². The fourth-order valence-corrected chi connectivity index (χ4v) is 3.61. The van der Waals surface area contributed by atoms with E-state index in [1.54, 1.807) is 4.90 Å². The summed E-state index contributed by atoms with van der Waals surface area (Å²) in [6.07, 6.45) is 4.71. The molecule has 0 unspecified atom stereocenters. The molecule has 0 fully saturated rings. The van der Waals surface area contributed by atoms with E-state index in [0.29, 0.717) is 19.7 Å². The zero-order valence-electron chi connectivity index (χ0n) is 17.8. The van der Waals surface area contributed by atoms with Gasteiger partial charge in [0.05, 0.1) is 0 Å². The molecule has 0 aliphatic carbocycles. The van der Waals surface area contributed by atoms with Gasteiger partial charge < -0.3 is 19.4 Å². The van der Waals surface area contributed by atoms with E-state index in [4.69, 9.17) is 9.47 Å². The van der Waals surface area contributed by atoms with Crippen LogP contribution in [0.15, 0.2) is 60.8 Å². The molecular weight excluding hydrogens is 376 g/mol. The molecule has 0 saturated carbocycles. The van der Waals surface area contributed by atoms with Crippen LogP contribution in [0.3, 0.4) is 0 Å². The van der Waals surface area contributed by atoms with Crippen LogP contribution in [-0.4, -0.2) is 34.7 Å². The normalized spacial score (nSPS) is 14.5. The molecule has 156 valence electrons. The number of nitrogens with zero attached hydrogens (tertiary/aromatic N) is 1. The Kier molecular flexibility index (Phi) is 5.53. The van der Waals surface area contributed by atoms with Crippen LogP contribution in [0.5, 0.6) is 5.75 Å². The lowest BCUT2D eigenvalue weighted by Gasteiger charge is -2.29. The van der Waals surface area contributed by atoms with Gasteiger partial charge in [-0.2, -0.15) is 0 Å². The number of carbonyl (C=O) groups is 1. The van der Waals surface area contributed by atoms with E-state index in [0.717, 1.165) is 23.3 Å². The minimum atomic E-state index is -0.474. The first-order chi connectivity index (χ1) is 14.4. The topological polar surface area (TPSA) is 54.6 Å². The van der Waals surface area contributed by atoms with Crippen LogP contribution in [0.1, 0.15) is 38.3 Å². The zero-order chi connectivity index (χ0) is 21.1. The zero-order valence-corrected chi connectivity index (χ0v) is 17.8. The Balaban J connectivity index is 1.44. The number of amides is 1. The molecule has 0 atom stereocenters. The molecule has 0 radical (unpaired) electrons. The Morgan fingerprint density at radius 2 is 1.93 bits per heavy atom. The standard InChI is InChI=1S/C25H28N2O3/c1-25(2,3)30-24(28)27-13-11-19(12-14-27)22-16-26-23-15-20(9-10-21(22)23)29-17-18-7-5-4-6-8-18/h4-11,15-16,26H,12-14,17H2,1-3H3. The number of benzene rings is 2. The average molecular weight is 405 g/mol. The highest BCUT2D eigenvalue weighted by molar-refractivity contribution is 5.93. The first kappa shape index (κ1) is 20.1. The molecule has 5 nitrogen and oxygen atoms in total. The van der Waals surface area contributed by atoms with Crippen molar-refractivity contribution in [3.05, 3.63) is 71.9 Å². The van der Waals surface area contributed by atoms with Gasteiger partial charge in [-0.3, -0.25) is 0 Å². The predicted molar refractivity (Wildman–Crippen MR) is 119 cm³/mol. The van der Waals surface area contributed by atoms with E-state index in [9.17, 15) is 4.79 Å². The van der Waals surface area contributed by atoms with Gasteiger partial charge in [-0.25, -0.2) is 4.79 Å². The quantitative estimate of drug-likeness (QED) is 0.600. The minimum absolute atomic E-state index is 0.253. The van der Waals surface area contributed by atoms with E-state index < -0.39 is 5.60 Å². The van der Waals surface area contributed by atoms with E-state index in [2.05, 4.69) is 29.3 Å². The Morgan fingerprint density at radius 1 is 1.13 bits per heavy atom. The molecule has 5 heteroatoms. The summed E-state index contributed by atoms with van der Waals surface area (Å²) in [5.41, 5.74) is 4.15. The molecular formula is C25H28N2O3. The highest BCUT2D eigenvalue weighted by atomic mass is 16.6. The van der Waals surface area contributed by atoms with Crippen LogP contribution in [0, 0.1) is 0 Å². The number of aromatic amines is 1. The van der Waals surface area contributed by atoms with E-state index >= 15 is 0 Å². The van der Waals surface area contributed by atoms with Crippen LogP contribution in [-0.2, 0) is 11.3 Å². The number of nitrogens with one attached hydrogen (secondary N) is 1. The smallest absolute Gasteiger partial charge is 0.410 e. The fourth-order valence-electron chi connectivity index (χ4n) is 3.61. The van der Waals surface area contributed by atoms with Crippen molar-refractivity contribution in [3.8, 4) is 5.75 Å². The van der Waals surface area contributed by atoms with Gasteiger partial charge in [0.15, 0.2) is 0 Å². The van der Waals surface area contributed by atoms with Gasteiger partial charge in [-0.15, -0.1) is 0 Å². The van der Waals surface area contributed by atoms with Crippen molar-refractivity contribution in [1.82, 2.24) is 9.88 Å². The molecule has 1 aliphatic rings. The summed E-state index contributed by atoms with van der Waals surface area (Å²) in [6.45, 7) is 7.44. The Bertz CT molecular complexity index is 1060. The van der Waals surface area contributed by atoms with Gasteiger partial charge in [0.25, 0.3) is 0 Å². The maximum atomic E-state index is 12.3. The predicted octanol–water partition coefficient (Wildman–Crippen LogP) is 5.77. The fraction of sp³-hybridized carbons (Fsp3) is 0.320. The third-order valence-corrected chi connectivity index (χ3v) is 5.11. The van der Waals surface area contributed by atoms with E-state index in [1.165, 1.54) is 16.5 Å². The highest BCUT2D eigenvalue weighted by Gasteiger charge is 2.24. The van der Waals surface area contributed by atoms with Crippen molar-refractivity contribution in [3.63, 3.8) is 0 Å². The second kappa shape index (κ2) is 8.27. The van der Waals surface area contributed by atoms with Crippen molar-refractivity contribution in [2.24, 2.45) is 0 Å². The van der Waals surface area contributed by atoms with Crippen molar-refractivity contribution in [1.29, 1.82) is 0 Å². The van der Waals surface area contributed by atoms with Crippen molar-refractivity contribution >= 4 is 22.6 Å². The number of fused-ring (bicyclic) bond motifs is 1. The molecule has 2 aromatic carbocycles. The number of aromatic nitrogens is 1. The Labute approximate surface area is 177 Å². The Hall–Kier alpha value is -3.21. The number of hydrogen-bond acceptors (Lipinski definition) is 3. The first-order valence-electron chi connectivity index (χ1n) is 10.3. The Morgan fingerprint density at radius 3 is 2.63 bits per heavy atom. The third kappa shape index (κ3) is 4.67. The van der Waals surface area contributed by atoms with Gasteiger partial charge in [-0.05, 0) is 50.5 Å². The molecule has 1 aliphatic heterocycles. The number of H-pyrrole nitrogens is 1. The maximum absolute atomic E-state index is 12.3. The summed E-state index contributed by atoms with van der Waals surface area (Å²) in [5, 5.41) is 1.17. The minimum Gasteiger partial charge on any atom is -0.489 e. The molecule has 0 bridgehead atoms. The average Bonchev–Trinajstić information content (AvgIpc) is 3.15. The summed E-state index contributed by atoms with van der Waals surface area (Å²) in [5.74, 6) is 0.841. The largest absolute Gasteiger partial charge is 0.489 e. The summed E-state index contributed by atoms with van der Waals surface area (Å²) in [7, 11) is 0. The SMILES string of the molecule is CC(C)(C)OC(=O)N1CC=C(c2c[nH]c3cc(OCc4ccccc4)ccc23)CC1. The van der Waals surface area contributed by atoms with Crippen molar-refractivity contribution < 1.29 is 14.3 Å². The summed E-state index contributed by atoms with van der Waals surface area (Å²) < 4.78 is 11.4. The second-order valence-corrected chi connectivity index (χ2v) is 8.59. The molecule has 3 aromatic rings. The molecule has 2 heterocycles. The number of hydrogen-bond donors (Lipinski definition) is 1. The summed E-state index contributed by atoms with van der Waals surface area (Å²) in [4.78, 5) is 17.4. The van der Waals surface area contributed by atoms with Gasteiger partial charge in [0, 0.05) is 41.8 Å². The monoisotopic (exact) mass is 404 g/mol. The molecule has 0 spiro atoms. The maximum Gasteiger partial charge on any atom is 0.410 e. The number of carbonyl (C=O) groups excluding carboxylic acids is 1. The molecule has 30 heavy (non-hydrogen) atoms. The molecule has 1 aromatic heterocycles. The van der Waals surface area contributed by atoms with Crippen LogP contribution in [0.2, 0.25) is 0 Å². The van der Waals surface area contributed by atoms with Crippen LogP contribution >= 0.6 is 0 Å². The lowest BCUT2D eigenvalue weighted by molar-refractivity contribution is 0.0270. The number of rotatable bonds is 4. The highest BCUT2D eigenvalue weighted by Crippen LogP contribution is 2.31. The van der Waals surface area contributed by atoms with E-state index in [1.807, 2.05) is 57.3 Å². The summed E-state index contributed by atoms with van der Waals surface area (Å²) in [6, 6.07) is 16.3. The molecule has 1 amide bonds. The van der Waals surface area contributed by atoms with Crippen molar-refractivity contribution in [2.45, 2.75) is 39.4 Å². The molecule has 4 rings (SSSR count). The van der Waals surface area contributed by atoms with E-state index in [-0.39, 0.29) is 6.09 Å². The van der Waals surface area contributed by atoms with Gasteiger partial charge in [-0.1, -0.05) is 36.4 Å². The van der Waals surface area contributed by atoms with Crippen LogP contribution in [0.25, 0.3) is 16.5 Å². The lowest BCUT2D eigenvalue weighted by atomic mass is 9.99. The van der Waals surface area contributed by atoms with Gasteiger partial charge >= 0.3 is 6.09 Å². The number of ether oxygens (including phenoxy) is 2. The first-order valence-corrected chi connectivity index (χ1v) is 10.3. The van der Waals surface area contributed by atoms with Crippen LogP contribution < -0.4 is 4.74 Å². The van der Waals surface area contributed by atoms with Gasteiger partial charge in [0.2, 0.25) is 0 Å². The van der Waals surface area contributed by atoms with Gasteiger partial charge in [0.1, 0.15) is 18.0 Å². The third-order valence-electron chi connectivity index (χ3n) is 5.11. The lowest BCUT2D eigenvalue weighted by Crippen LogP contribution is -2.39. The molecule has 1 N–H and O–H groups in total. The second-order valence-electron chi connectivity index (χ2n) is 8.59.